The van der Waals surface area contributed by atoms with Crippen LogP contribution in [-0.4, -0.2) is 35.0 Å². The highest BCUT2D eigenvalue weighted by Crippen LogP contribution is 2.30. The minimum atomic E-state index is -1.02. The van der Waals surface area contributed by atoms with Gasteiger partial charge in [0, 0.05) is 18.1 Å². The number of phenols is 1. The highest BCUT2D eigenvalue weighted by Gasteiger charge is 2.27. The fourth-order valence-electron chi connectivity index (χ4n) is 3.59. The van der Waals surface area contributed by atoms with Gasteiger partial charge in [0.2, 0.25) is 0 Å². The molecule has 0 fully saturated rings. The summed E-state index contributed by atoms with van der Waals surface area (Å²) in [5, 5.41) is 23.2. The van der Waals surface area contributed by atoms with Crippen molar-refractivity contribution in [2.45, 2.75) is 32.0 Å². The fraction of sp³-hybridized carbons (Fsp3) is 0.231. The van der Waals surface area contributed by atoms with Crippen LogP contribution in [0, 0.1) is 0 Å². The van der Waals surface area contributed by atoms with E-state index in [2.05, 4.69) is 5.32 Å². The van der Waals surface area contributed by atoms with Crippen LogP contribution in [0.2, 0.25) is 0 Å². The molecule has 0 aliphatic carbocycles. The number of carbonyl (C=O) groups excluding carboxylic acids is 1. The summed E-state index contributed by atoms with van der Waals surface area (Å²) < 4.78 is 11.7. The van der Waals surface area contributed by atoms with Crippen molar-refractivity contribution in [1.29, 1.82) is 0 Å². The van der Waals surface area contributed by atoms with E-state index in [0.717, 1.165) is 16.8 Å². The van der Waals surface area contributed by atoms with E-state index in [4.69, 9.17) is 14.6 Å². The van der Waals surface area contributed by atoms with Crippen molar-refractivity contribution in [3.63, 3.8) is 0 Å². The van der Waals surface area contributed by atoms with Gasteiger partial charge in [0.1, 0.15) is 5.75 Å². The van der Waals surface area contributed by atoms with E-state index in [1.165, 1.54) is 12.1 Å². The average Bonchev–Trinajstić information content (AvgIpc) is 2.80. The number of allylic oxidation sites excluding steroid dienone is 1. The summed E-state index contributed by atoms with van der Waals surface area (Å²) in [4.78, 5) is 23.7. The molecule has 3 rings (SSSR count). The number of carboxylic acid groups (broad SMARTS) is 1. The Hall–Kier alpha value is -3.84. The molecule has 1 amide bonds. The topological polar surface area (TPSA) is 105 Å². The number of hydrogen-bond donors (Lipinski definition) is 3. The number of carboxylic acids is 1. The molecule has 172 valence electrons. The lowest BCUT2D eigenvalue weighted by Crippen LogP contribution is -2.29. The number of rotatable bonds is 10. The number of fused-ring (bicyclic) bond motifs is 1. The van der Waals surface area contributed by atoms with E-state index in [0.29, 0.717) is 30.7 Å². The van der Waals surface area contributed by atoms with Crippen LogP contribution in [0.5, 0.6) is 5.75 Å². The smallest absolute Gasteiger partial charge is 0.412 e. The quantitative estimate of drug-likeness (QED) is 0.345. The fourth-order valence-corrected chi connectivity index (χ4v) is 3.59. The second-order valence-corrected chi connectivity index (χ2v) is 7.38. The molecule has 0 heterocycles. The minimum Gasteiger partial charge on any atom is -0.508 e. The maximum Gasteiger partial charge on any atom is 0.412 e. The van der Waals surface area contributed by atoms with E-state index >= 15 is 0 Å². The van der Waals surface area contributed by atoms with Crippen molar-refractivity contribution in [3.05, 3.63) is 84.4 Å². The van der Waals surface area contributed by atoms with Gasteiger partial charge < -0.3 is 19.7 Å². The first kappa shape index (κ1) is 23.8. The zero-order valence-electron chi connectivity index (χ0n) is 18.3. The highest BCUT2D eigenvalue weighted by atomic mass is 16.6. The first-order valence-corrected chi connectivity index (χ1v) is 10.7. The maximum atomic E-state index is 12.9. The lowest BCUT2D eigenvalue weighted by molar-refractivity contribution is -0.131. The Morgan fingerprint density at radius 3 is 2.48 bits per heavy atom. The summed E-state index contributed by atoms with van der Waals surface area (Å²) in [5.41, 5.74) is 1.28. The number of phenolic OH excluding ortho intramolecular Hbond substituents is 1. The Balaban J connectivity index is 1.82. The van der Waals surface area contributed by atoms with Gasteiger partial charge in [0.05, 0.1) is 11.8 Å². The molecule has 0 aromatic heterocycles. The average molecular weight is 450 g/mol. The first-order chi connectivity index (χ1) is 16.0. The van der Waals surface area contributed by atoms with Crippen LogP contribution in [0.3, 0.4) is 0 Å². The normalized spacial score (nSPS) is 13.0. The van der Waals surface area contributed by atoms with Crippen molar-refractivity contribution < 1.29 is 29.3 Å². The number of carbonyl (C=O) groups is 2. The summed E-state index contributed by atoms with van der Waals surface area (Å²) in [6, 6.07) is 19.7. The van der Waals surface area contributed by atoms with Gasteiger partial charge in [0.15, 0.2) is 6.10 Å². The van der Waals surface area contributed by atoms with Gasteiger partial charge in [-0.15, -0.1) is 0 Å². The SMILES string of the molecule is CCO[C@@H](CC/C=C/C(=O)O)[C@@H](OC(=O)Nc1cccc2ccccc12)c1ccc(O)cc1. The number of benzene rings is 3. The summed E-state index contributed by atoms with van der Waals surface area (Å²) in [6.45, 7) is 2.22. The van der Waals surface area contributed by atoms with Gasteiger partial charge in [-0.1, -0.05) is 54.6 Å². The molecule has 0 spiro atoms. The Morgan fingerprint density at radius 1 is 1.03 bits per heavy atom. The van der Waals surface area contributed by atoms with E-state index in [-0.39, 0.29) is 5.75 Å². The van der Waals surface area contributed by atoms with Crippen LogP contribution < -0.4 is 5.32 Å². The van der Waals surface area contributed by atoms with Crippen LogP contribution in [0.15, 0.2) is 78.9 Å². The van der Waals surface area contributed by atoms with Crippen molar-refractivity contribution >= 4 is 28.5 Å². The molecule has 7 nitrogen and oxygen atoms in total. The van der Waals surface area contributed by atoms with Gasteiger partial charge in [-0.2, -0.15) is 0 Å². The van der Waals surface area contributed by atoms with Gasteiger partial charge in [-0.25, -0.2) is 9.59 Å². The molecule has 7 heteroatoms. The predicted octanol–water partition coefficient (Wildman–Crippen LogP) is 5.66. The van der Waals surface area contributed by atoms with E-state index < -0.39 is 24.3 Å². The third kappa shape index (κ3) is 6.82. The first-order valence-electron chi connectivity index (χ1n) is 10.7. The molecule has 0 saturated heterocycles. The Kier molecular flexibility index (Phi) is 8.43. The highest BCUT2D eigenvalue weighted by molar-refractivity contribution is 6.00. The molecule has 0 aliphatic heterocycles. The maximum absolute atomic E-state index is 12.9. The number of amides is 1. The largest absolute Gasteiger partial charge is 0.508 e. The zero-order chi connectivity index (χ0) is 23.6. The Bertz CT molecular complexity index is 1100. The molecule has 0 radical (unpaired) electrons. The molecule has 0 bridgehead atoms. The van der Waals surface area contributed by atoms with Gasteiger partial charge in [0.25, 0.3) is 0 Å². The second kappa shape index (κ2) is 11.7. The van der Waals surface area contributed by atoms with Crippen LogP contribution in [-0.2, 0) is 14.3 Å². The van der Waals surface area contributed by atoms with Crippen LogP contribution in [0.4, 0.5) is 10.5 Å². The van der Waals surface area contributed by atoms with Crippen LogP contribution in [0.25, 0.3) is 10.8 Å². The molecule has 3 aromatic rings. The number of aromatic hydroxyl groups is 1. The molecule has 3 N–H and O–H groups in total. The number of aliphatic carboxylic acids is 1. The van der Waals surface area contributed by atoms with E-state index in [1.54, 1.807) is 24.3 Å². The van der Waals surface area contributed by atoms with E-state index in [1.807, 2.05) is 43.3 Å². The van der Waals surface area contributed by atoms with Crippen molar-refractivity contribution in [1.82, 2.24) is 0 Å². The molecule has 0 saturated carbocycles. The lowest BCUT2D eigenvalue weighted by atomic mass is 10.00. The summed E-state index contributed by atoms with van der Waals surface area (Å²) >= 11 is 0. The number of hydrogen-bond acceptors (Lipinski definition) is 5. The van der Waals surface area contributed by atoms with Crippen LogP contribution in [0.1, 0.15) is 31.4 Å². The van der Waals surface area contributed by atoms with Crippen LogP contribution >= 0.6 is 0 Å². The van der Waals surface area contributed by atoms with E-state index in [9.17, 15) is 14.7 Å². The Labute approximate surface area is 192 Å². The van der Waals surface area contributed by atoms with Crippen molar-refractivity contribution in [3.8, 4) is 5.75 Å². The Morgan fingerprint density at radius 2 is 1.76 bits per heavy atom. The summed E-state index contributed by atoms with van der Waals surface area (Å²) in [5.74, 6) is -0.932. The number of nitrogens with one attached hydrogen (secondary N) is 1. The van der Waals surface area contributed by atoms with Crippen molar-refractivity contribution in [2.24, 2.45) is 0 Å². The van der Waals surface area contributed by atoms with Crippen molar-refractivity contribution in [2.75, 3.05) is 11.9 Å². The third-order valence-electron chi connectivity index (χ3n) is 5.08. The summed E-state index contributed by atoms with van der Waals surface area (Å²) in [7, 11) is 0. The summed E-state index contributed by atoms with van der Waals surface area (Å²) in [6.07, 6.45) is 1.56. The predicted molar refractivity (Wildman–Crippen MR) is 126 cm³/mol. The molecule has 0 unspecified atom stereocenters. The molecular weight excluding hydrogens is 422 g/mol. The number of ether oxygens (including phenoxy) is 2. The lowest BCUT2D eigenvalue weighted by Gasteiger charge is -2.27. The number of anilines is 1. The second-order valence-electron chi connectivity index (χ2n) is 7.38. The molecule has 3 aromatic carbocycles. The standard InChI is InChI=1S/C26H27NO6/c1-2-32-23(12-5-6-13-24(29)30)25(19-14-16-20(28)17-15-19)33-26(31)27-22-11-7-9-18-8-3-4-10-21(18)22/h3-4,6-11,13-17,23,25,28H,2,5,12H2,1H3,(H,27,31)(H,29,30)/b13-6+/t23-,25-/m0/s1. The van der Waals surface area contributed by atoms with Gasteiger partial charge in [-0.05, 0) is 48.9 Å². The van der Waals surface area contributed by atoms with Gasteiger partial charge in [-0.3, -0.25) is 5.32 Å². The third-order valence-corrected chi connectivity index (χ3v) is 5.08. The molecular formula is C26H27NO6. The molecule has 0 aliphatic rings. The minimum absolute atomic E-state index is 0.0926. The zero-order valence-corrected chi connectivity index (χ0v) is 18.3. The molecule has 33 heavy (non-hydrogen) atoms. The monoisotopic (exact) mass is 449 g/mol. The van der Waals surface area contributed by atoms with Gasteiger partial charge >= 0.3 is 12.1 Å². The molecule has 2 atom stereocenters.